The Morgan fingerprint density at radius 3 is 1.16 bits per heavy atom. The molecule has 2 fully saturated rings. The molecule has 0 spiro atoms. The summed E-state index contributed by atoms with van der Waals surface area (Å²) in [7, 11) is 0. The molecule has 2 aliphatic rings. The van der Waals surface area contributed by atoms with Crippen LogP contribution in [0.1, 0.15) is 95.0 Å². The molecular formula is C31H36N2O5. The Morgan fingerprint density at radius 1 is 0.579 bits per heavy atom. The molecule has 200 valence electrons. The molecule has 4 rings (SSSR count). The van der Waals surface area contributed by atoms with E-state index in [2.05, 4.69) is 0 Å². The van der Waals surface area contributed by atoms with E-state index in [9.17, 15) is 24.0 Å². The first-order valence-corrected chi connectivity index (χ1v) is 13.7. The third kappa shape index (κ3) is 4.08. The molecule has 0 unspecified atom stereocenters. The fourth-order valence-corrected chi connectivity index (χ4v) is 5.62. The fraction of sp³-hybridized carbons (Fsp3) is 0.452. The predicted molar refractivity (Wildman–Crippen MR) is 146 cm³/mol. The molecule has 38 heavy (non-hydrogen) atoms. The standard InChI is InChI=1S/C31H36N2O5/c1-5-9-19-30(7-3)26(35)32(27(30)36)23-15-11-21(12-16-23)25(34)22-13-17-24(18-14-22)33-28(37)31(8-4,29(33)38)20-10-6-2/h11-18H,5-10,19-20H2,1-4H3. The van der Waals surface area contributed by atoms with Gasteiger partial charge < -0.3 is 0 Å². The largest absolute Gasteiger partial charge is 0.289 e. The number of nitrogens with zero attached hydrogens (tertiary/aromatic N) is 2. The second-order valence-electron chi connectivity index (χ2n) is 10.4. The van der Waals surface area contributed by atoms with Crippen LogP contribution in [0.3, 0.4) is 0 Å². The average molecular weight is 517 g/mol. The summed E-state index contributed by atoms with van der Waals surface area (Å²) in [4.78, 5) is 67.2. The van der Waals surface area contributed by atoms with E-state index in [1.807, 2.05) is 27.7 Å². The number of carbonyl (C=O) groups excluding carboxylic acids is 5. The number of β-lactam (4-membered cyclic amide) rings is 4. The monoisotopic (exact) mass is 516 g/mol. The lowest BCUT2D eigenvalue weighted by atomic mass is 9.71. The zero-order valence-electron chi connectivity index (χ0n) is 22.7. The highest BCUT2D eigenvalue weighted by molar-refractivity contribution is 6.37. The lowest BCUT2D eigenvalue weighted by Gasteiger charge is -2.46. The zero-order chi connectivity index (χ0) is 27.7. The minimum absolute atomic E-state index is 0.176. The molecule has 2 heterocycles. The lowest BCUT2D eigenvalue weighted by molar-refractivity contribution is -0.155. The highest BCUT2D eigenvalue weighted by atomic mass is 16.2. The van der Waals surface area contributed by atoms with Gasteiger partial charge in [0.05, 0.1) is 11.4 Å². The number of rotatable bonds is 12. The van der Waals surface area contributed by atoms with Gasteiger partial charge in [0.1, 0.15) is 10.8 Å². The Bertz CT molecular complexity index is 1130. The summed E-state index contributed by atoms with van der Waals surface area (Å²) >= 11 is 0. The number of hydrogen-bond donors (Lipinski definition) is 0. The highest BCUT2D eigenvalue weighted by Crippen LogP contribution is 2.45. The van der Waals surface area contributed by atoms with Crippen molar-refractivity contribution in [3.05, 3.63) is 59.7 Å². The van der Waals surface area contributed by atoms with Gasteiger partial charge in [0.2, 0.25) is 23.6 Å². The van der Waals surface area contributed by atoms with Crippen molar-refractivity contribution in [2.24, 2.45) is 10.8 Å². The zero-order valence-corrected chi connectivity index (χ0v) is 22.7. The van der Waals surface area contributed by atoms with Crippen LogP contribution in [0.5, 0.6) is 0 Å². The molecule has 7 heteroatoms. The van der Waals surface area contributed by atoms with E-state index in [0.717, 1.165) is 25.7 Å². The van der Waals surface area contributed by atoms with E-state index >= 15 is 0 Å². The summed E-state index contributed by atoms with van der Waals surface area (Å²) < 4.78 is 0. The van der Waals surface area contributed by atoms with E-state index in [1.54, 1.807) is 48.5 Å². The van der Waals surface area contributed by atoms with Gasteiger partial charge >= 0.3 is 0 Å². The number of anilines is 2. The van der Waals surface area contributed by atoms with Crippen molar-refractivity contribution in [3.63, 3.8) is 0 Å². The van der Waals surface area contributed by atoms with E-state index in [-0.39, 0.29) is 29.4 Å². The minimum atomic E-state index is -0.918. The first-order chi connectivity index (χ1) is 18.2. The Balaban J connectivity index is 1.45. The molecular weight excluding hydrogens is 480 g/mol. The van der Waals surface area contributed by atoms with E-state index in [4.69, 9.17) is 0 Å². The second-order valence-corrected chi connectivity index (χ2v) is 10.4. The summed E-state index contributed by atoms with van der Waals surface area (Å²) in [5.74, 6) is -0.938. The second kappa shape index (κ2) is 10.6. The van der Waals surface area contributed by atoms with Crippen LogP contribution in [0.15, 0.2) is 48.5 Å². The van der Waals surface area contributed by atoms with E-state index in [1.165, 1.54) is 9.80 Å². The smallest absolute Gasteiger partial charge is 0.249 e. The average Bonchev–Trinajstić information content (AvgIpc) is 2.95. The molecule has 4 amide bonds. The van der Waals surface area contributed by atoms with E-state index < -0.39 is 10.8 Å². The molecule has 0 aromatic heterocycles. The van der Waals surface area contributed by atoms with Gasteiger partial charge in [-0.25, -0.2) is 9.80 Å². The molecule has 2 aromatic carbocycles. The Kier molecular flexibility index (Phi) is 7.68. The van der Waals surface area contributed by atoms with Gasteiger partial charge in [-0.05, 0) is 74.2 Å². The lowest BCUT2D eigenvalue weighted by Crippen LogP contribution is -2.66. The maximum Gasteiger partial charge on any atom is 0.249 e. The van der Waals surface area contributed by atoms with Gasteiger partial charge in [-0.15, -0.1) is 0 Å². The van der Waals surface area contributed by atoms with Gasteiger partial charge in [-0.2, -0.15) is 0 Å². The highest BCUT2D eigenvalue weighted by Gasteiger charge is 2.60. The molecule has 0 bridgehead atoms. The van der Waals surface area contributed by atoms with E-state index in [0.29, 0.717) is 48.2 Å². The third-order valence-corrected chi connectivity index (χ3v) is 8.35. The molecule has 2 aliphatic heterocycles. The van der Waals surface area contributed by atoms with Crippen LogP contribution in [0.25, 0.3) is 0 Å². The fourth-order valence-electron chi connectivity index (χ4n) is 5.62. The third-order valence-electron chi connectivity index (χ3n) is 8.35. The van der Waals surface area contributed by atoms with Crippen molar-refractivity contribution < 1.29 is 24.0 Å². The minimum Gasteiger partial charge on any atom is -0.289 e. The summed E-state index contributed by atoms with van der Waals surface area (Å²) in [5, 5.41) is 0. The van der Waals surface area contributed by atoms with Crippen LogP contribution in [-0.4, -0.2) is 29.4 Å². The first kappa shape index (κ1) is 27.4. The maximum absolute atomic E-state index is 13.1. The SMILES string of the molecule is CCCCC1(CC)C(=O)N(c2ccc(C(=O)c3ccc(N4C(=O)C(CC)(CCCC)C4=O)cc3)cc2)C1=O. The summed E-state index contributed by atoms with van der Waals surface area (Å²) in [6.07, 6.45) is 5.59. The van der Waals surface area contributed by atoms with Gasteiger partial charge in [-0.1, -0.05) is 53.4 Å². The Morgan fingerprint density at radius 2 is 0.895 bits per heavy atom. The summed E-state index contributed by atoms with van der Waals surface area (Å²) in [5.41, 5.74) is -0.0866. The topological polar surface area (TPSA) is 91.8 Å². The van der Waals surface area contributed by atoms with Crippen LogP contribution < -0.4 is 9.80 Å². The number of carbonyl (C=O) groups is 5. The van der Waals surface area contributed by atoms with Crippen molar-refractivity contribution in [3.8, 4) is 0 Å². The van der Waals surface area contributed by atoms with Crippen LogP contribution >= 0.6 is 0 Å². The van der Waals surface area contributed by atoms with Crippen molar-refractivity contribution >= 4 is 40.8 Å². The van der Waals surface area contributed by atoms with Crippen molar-refractivity contribution in [1.29, 1.82) is 0 Å². The Hall–Kier alpha value is -3.61. The van der Waals surface area contributed by atoms with Crippen LogP contribution in [0.2, 0.25) is 0 Å². The number of benzene rings is 2. The molecule has 0 aliphatic carbocycles. The van der Waals surface area contributed by atoms with Crippen LogP contribution in [0.4, 0.5) is 11.4 Å². The van der Waals surface area contributed by atoms with Crippen molar-refractivity contribution in [2.75, 3.05) is 9.80 Å². The molecule has 0 N–H and O–H groups in total. The van der Waals surface area contributed by atoms with Gasteiger partial charge in [-0.3, -0.25) is 24.0 Å². The normalized spacial score (nSPS) is 17.9. The van der Waals surface area contributed by atoms with Gasteiger partial charge in [0, 0.05) is 11.1 Å². The number of amides is 4. The number of imide groups is 2. The number of unbranched alkanes of at least 4 members (excludes halogenated alkanes) is 2. The summed E-state index contributed by atoms with van der Waals surface area (Å²) in [6.45, 7) is 7.81. The van der Waals surface area contributed by atoms with Gasteiger partial charge in [0.15, 0.2) is 5.78 Å². The molecule has 2 saturated heterocycles. The quantitative estimate of drug-likeness (QED) is 0.201. The predicted octanol–water partition coefficient (Wildman–Crippen LogP) is 5.84. The maximum atomic E-state index is 13.1. The molecule has 0 radical (unpaired) electrons. The summed E-state index contributed by atoms with van der Waals surface area (Å²) in [6, 6.07) is 12.9. The Labute approximate surface area is 224 Å². The number of hydrogen-bond acceptors (Lipinski definition) is 5. The molecule has 0 saturated carbocycles. The van der Waals surface area contributed by atoms with Crippen LogP contribution in [-0.2, 0) is 19.2 Å². The molecule has 2 aromatic rings. The van der Waals surface area contributed by atoms with Crippen molar-refractivity contribution in [1.82, 2.24) is 0 Å². The molecule has 7 nitrogen and oxygen atoms in total. The van der Waals surface area contributed by atoms with Crippen LogP contribution in [0, 0.1) is 10.8 Å². The number of ketones is 1. The van der Waals surface area contributed by atoms with Gasteiger partial charge in [0.25, 0.3) is 0 Å². The molecule has 0 atom stereocenters. The first-order valence-electron chi connectivity index (χ1n) is 13.7. The van der Waals surface area contributed by atoms with Crippen molar-refractivity contribution in [2.45, 2.75) is 79.1 Å².